The predicted octanol–water partition coefficient (Wildman–Crippen LogP) is 5.06. The number of ether oxygens (including phenoxy) is 1. The van der Waals surface area contributed by atoms with Crippen LogP contribution in [0.15, 0.2) is 22.7 Å². The molecule has 0 bridgehead atoms. The van der Waals surface area contributed by atoms with Crippen molar-refractivity contribution >= 4 is 15.9 Å². The molecule has 0 saturated heterocycles. The van der Waals surface area contributed by atoms with Crippen LogP contribution in [-0.4, -0.2) is 5.60 Å². The molecule has 0 aliphatic carbocycles. The van der Waals surface area contributed by atoms with Crippen molar-refractivity contribution in [1.82, 2.24) is 0 Å². The van der Waals surface area contributed by atoms with Gasteiger partial charge in [0.15, 0.2) is 0 Å². The van der Waals surface area contributed by atoms with Crippen molar-refractivity contribution in [1.29, 1.82) is 0 Å². The molecule has 1 heterocycles. The fraction of sp³-hybridized carbons (Fsp3) is 0.647. The molecule has 2 N–H and O–H groups in total. The molecule has 112 valence electrons. The van der Waals surface area contributed by atoms with Crippen LogP contribution in [0.5, 0.6) is 5.75 Å². The number of hydrogen-bond acceptors (Lipinski definition) is 2. The minimum absolute atomic E-state index is 0.0637. The summed E-state index contributed by atoms with van der Waals surface area (Å²) in [5.74, 6) is 2.18. The van der Waals surface area contributed by atoms with Crippen LogP contribution < -0.4 is 10.5 Å². The van der Waals surface area contributed by atoms with Gasteiger partial charge in [-0.05, 0) is 42.9 Å². The highest BCUT2D eigenvalue weighted by atomic mass is 79.9. The first-order chi connectivity index (χ1) is 9.31. The SMILES string of the molecule is CC(C)CC1(CC(C)C)C[C@H](N)c2cc(Br)ccc2O1. The first-order valence-corrected chi connectivity index (χ1v) is 8.35. The Morgan fingerprint density at radius 3 is 2.40 bits per heavy atom. The molecular formula is C17H26BrNO. The molecular weight excluding hydrogens is 314 g/mol. The Labute approximate surface area is 131 Å². The lowest BCUT2D eigenvalue weighted by atomic mass is 9.77. The van der Waals surface area contributed by atoms with Crippen LogP contribution in [0.1, 0.15) is 58.6 Å². The molecule has 1 atom stereocenters. The van der Waals surface area contributed by atoms with E-state index in [0.717, 1.165) is 35.0 Å². The van der Waals surface area contributed by atoms with E-state index in [2.05, 4.69) is 49.7 Å². The summed E-state index contributed by atoms with van der Waals surface area (Å²) in [5.41, 5.74) is 7.46. The average Bonchev–Trinajstić information content (AvgIpc) is 2.28. The Balaban J connectivity index is 2.34. The topological polar surface area (TPSA) is 35.2 Å². The number of halogens is 1. The van der Waals surface area contributed by atoms with Crippen molar-refractivity contribution < 1.29 is 4.74 Å². The largest absolute Gasteiger partial charge is 0.487 e. The lowest BCUT2D eigenvalue weighted by molar-refractivity contribution is -0.00163. The predicted molar refractivity (Wildman–Crippen MR) is 88.0 cm³/mol. The van der Waals surface area contributed by atoms with Gasteiger partial charge in [-0.25, -0.2) is 0 Å². The quantitative estimate of drug-likeness (QED) is 0.831. The summed E-state index contributed by atoms with van der Waals surface area (Å²) >= 11 is 3.52. The Morgan fingerprint density at radius 2 is 1.85 bits per heavy atom. The van der Waals surface area contributed by atoms with Crippen molar-refractivity contribution in [3.05, 3.63) is 28.2 Å². The Hall–Kier alpha value is -0.540. The summed E-state index contributed by atoms with van der Waals surface area (Å²) in [4.78, 5) is 0. The van der Waals surface area contributed by atoms with Crippen LogP contribution in [0.3, 0.4) is 0 Å². The lowest BCUT2D eigenvalue weighted by Crippen LogP contribution is -2.45. The van der Waals surface area contributed by atoms with Gasteiger partial charge in [-0.3, -0.25) is 0 Å². The molecule has 0 unspecified atom stereocenters. The van der Waals surface area contributed by atoms with E-state index in [1.807, 2.05) is 12.1 Å². The minimum Gasteiger partial charge on any atom is -0.487 e. The van der Waals surface area contributed by atoms with E-state index in [4.69, 9.17) is 10.5 Å². The lowest BCUT2D eigenvalue weighted by Gasteiger charge is -2.43. The summed E-state index contributed by atoms with van der Waals surface area (Å²) in [5, 5.41) is 0. The third kappa shape index (κ3) is 3.56. The second kappa shape index (κ2) is 6.07. The van der Waals surface area contributed by atoms with Gasteiger partial charge >= 0.3 is 0 Å². The van der Waals surface area contributed by atoms with Gasteiger partial charge < -0.3 is 10.5 Å². The molecule has 1 aliphatic heterocycles. The van der Waals surface area contributed by atoms with E-state index in [1.165, 1.54) is 0 Å². The fourth-order valence-electron chi connectivity index (χ4n) is 3.51. The highest BCUT2D eigenvalue weighted by molar-refractivity contribution is 9.10. The molecule has 0 aromatic heterocycles. The standard InChI is InChI=1S/C17H26BrNO/c1-11(2)8-17(9-12(3)4)10-15(19)14-7-13(18)5-6-16(14)20-17/h5-7,11-12,15H,8-10,19H2,1-4H3/t15-/m0/s1. The molecule has 0 radical (unpaired) electrons. The zero-order valence-corrected chi connectivity index (χ0v) is 14.5. The zero-order chi connectivity index (χ0) is 14.9. The summed E-state index contributed by atoms with van der Waals surface area (Å²) < 4.78 is 7.53. The molecule has 2 nitrogen and oxygen atoms in total. The summed E-state index contributed by atoms with van der Waals surface area (Å²) in [7, 11) is 0. The summed E-state index contributed by atoms with van der Waals surface area (Å²) in [6.07, 6.45) is 3.04. The summed E-state index contributed by atoms with van der Waals surface area (Å²) in [6.45, 7) is 9.03. The van der Waals surface area contributed by atoms with Crippen LogP contribution in [0, 0.1) is 11.8 Å². The molecule has 0 spiro atoms. The fourth-order valence-corrected chi connectivity index (χ4v) is 3.89. The van der Waals surface area contributed by atoms with E-state index in [9.17, 15) is 0 Å². The normalized spacial score (nSPS) is 20.9. The van der Waals surface area contributed by atoms with Gasteiger partial charge in [-0.2, -0.15) is 0 Å². The maximum atomic E-state index is 6.47. The first kappa shape index (κ1) is 15.8. The van der Waals surface area contributed by atoms with Gasteiger partial charge in [-0.15, -0.1) is 0 Å². The van der Waals surface area contributed by atoms with E-state index < -0.39 is 0 Å². The Bertz CT molecular complexity index is 460. The van der Waals surface area contributed by atoms with Crippen LogP contribution in [0.2, 0.25) is 0 Å². The van der Waals surface area contributed by atoms with Gasteiger partial charge in [-0.1, -0.05) is 43.6 Å². The van der Waals surface area contributed by atoms with Crippen LogP contribution in [0.4, 0.5) is 0 Å². The molecule has 1 aromatic rings. The van der Waals surface area contributed by atoms with Gasteiger partial charge in [0.2, 0.25) is 0 Å². The van der Waals surface area contributed by atoms with Crippen molar-refractivity contribution in [3.63, 3.8) is 0 Å². The Morgan fingerprint density at radius 1 is 1.25 bits per heavy atom. The number of nitrogens with two attached hydrogens (primary N) is 1. The molecule has 0 saturated carbocycles. The van der Waals surface area contributed by atoms with Crippen molar-refractivity contribution in [2.45, 2.75) is 58.6 Å². The van der Waals surface area contributed by atoms with Crippen LogP contribution >= 0.6 is 15.9 Å². The molecule has 20 heavy (non-hydrogen) atoms. The van der Waals surface area contributed by atoms with Crippen molar-refractivity contribution in [2.75, 3.05) is 0 Å². The van der Waals surface area contributed by atoms with Crippen molar-refractivity contribution in [2.24, 2.45) is 17.6 Å². The van der Waals surface area contributed by atoms with Crippen LogP contribution in [0.25, 0.3) is 0 Å². The monoisotopic (exact) mass is 339 g/mol. The third-order valence-corrected chi connectivity index (χ3v) is 4.34. The second-order valence-electron chi connectivity index (χ2n) is 6.97. The maximum absolute atomic E-state index is 6.47. The molecule has 3 heteroatoms. The number of benzene rings is 1. The highest BCUT2D eigenvalue weighted by Crippen LogP contribution is 2.44. The molecule has 1 aliphatic rings. The first-order valence-electron chi connectivity index (χ1n) is 7.55. The van der Waals surface area contributed by atoms with E-state index >= 15 is 0 Å². The number of hydrogen-bond donors (Lipinski definition) is 1. The minimum atomic E-state index is -0.109. The van der Waals surface area contributed by atoms with Gasteiger partial charge in [0.1, 0.15) is 11.4 Å². The molecule has 0 fully saturated rings. The van der Waals surface area contributed by atoms with E-state index in [1.54, 1.807) is 0 Å². The summed E-state index contributed by atoms with van der Waals surface area (Å²) in [6, 6.07) is 6.24. The maximum Gasteiger partial charge on any atom is 0.124 e. The second-order valence-corrected chi connectivity index (χ2v) is 7.89. The van der Waals surface area contributed by atoms with Gasteiger partial charge in [0.05, 0.1) is 0 Å². The highest BCUT2D eigenvalue weighted by Gasteiger charge is 2.40. The van der Waals surface area contributed by atoms with Crippen molar-refractivity contribution in [3.8, 4) is 5.75 Å². The van der Waals surface area contributed by atoms with Gasteiger partial charge in [0.25, 0.3) is 0 Å². The average molecular weight is 340 g/mol. The smallest absolute Gasteiger partial charge is 0.124 e. The zero-order valence-electron chi connectivity index (χ0n) is 12.9. The number of fused-ring (bicyclic) bond motifs is 1. The Kier molecular flexibility index (Phi) is 4.80. The molecule has 1 aromatic carbocycles. The van der Waals surface area contributed by atoms with Crippen LogP contribution in [-0.2, 0) is 0 Å². The van der Waals surface area contributed by atoms with Gasteiger partial charge in [0, 0.05) is 22.5 Å². The molecule has 0 amide bonds. The third-order valence-electron chi connectivity index (χ3n) is 3.85. The van der Waals surface area contributed by atoms with E-state index in [-0.39, 0.29) is 11.6 Å². The molecule has 2 rings (SSSR count). The number of rotatable bonds is 4. The van der Waals surface area contributed by atoms with E-state index in [0.29, 0.717) is 11.8 Å².